The molecule has 2 aliphatic heterocycles. The fourth-order valence-corrected chi connectivity index (χ4v) is 3.90. The van der Waals surface area contributed by atoms with Crippen LogP contribution < -0.4 is 15.1 Å². The number of aliphatic carboxylic acids is 2. The quantitative estimate of drug-likeness (QED) is 0.432. The molecule has 0 radical (unpaired) electrons. The summed E-state index contributed by atoms with van der Waals surface area (Å²) in [6.45, 7) is 3.59. The van der Waals surface area contributed by atoms with E-state index in [9.17, 15) is 26.3 Å². The van der Waals surface area contributed by atoms with Gasteiger partial charge in [0.25, 0.3) is 0 Å². The van der Waals surface area contributed by atoms with E-state index in [4.69, 9.17) is 24.5 Å². The summed E-state index contributed by atoms with van der Waals surface area (Å²) in [5, 5.41) is 17.7. The minimum atomic E-state index is -5.08. The minimum absolute atomic E-state index is 0.0188. The zero-order valence-corrected chi connectivity index (χ0v) is 21.4. The van der Waals surface area contributed by atoms with E-state index in [0.717, 1.165) is 56.5 Å². The van der Waals surface area contributed by atoms with E-state index in [2.05, 4.69) is 25.2 Å². The maximum atomic E-state index is 10.6. The number of nitrogens with zero attached hydrogens (tertiary/aromatic N) is 5. The number of nitrogens with one attached hydrogen (secondary N) is 1. The summed E-state index contributed by atoms with van der Waals surface area (Å²) in [6.07, 6.45) is -4.49. The molecule has 2 fully saturated rings. The number of aromatic nitrogens is 3. The van der Waals surface area contributed by atoms with Crippen LogP contribution in [0.3, 0.4) is 0 Å². The van der Waals surface area contributed by atoms with E-state index in [-0.39, 0.29) is 5.60 Å². The normalized spacial score (nSPS) is 17.5. The molecule has 4 rings (SSSR count). The van der Waals surface area contributed by atoms with Crippen LogP contribution in [0.15, 0.2) is 36.8 Å². The highest BCUT2D eigenvalue weighted by Crippen LogP contribution is 2.43. The lowest BCUT2D eigenvalue weighted by Crippen LogP contribution is -2.65. The summed E-state index contributed by atoms with van der Waals surface area (Å²) < 4.78 is 69.7. The van der Waals surface area contributed by atoms with E-state index in [0.29, 0.717) is 5.92 Å². The summed E-state index contributed by atoms with van der Waals surface area (Å²) in [5.74, 6) is -2.09. The Morgan fingerprint density at radius 3 is 2.17 bits per heavy atom. The van der Waals surface area contributed by atoms with Gasteiger partial charge in [-0.1, -0.05) is 6.07 Å². The number of rotatable bonds is 6. The van der Waals surface area contributed by atoms with Gasteiger partial charge in [0.1, 0.15) is 29.4 Å². The lowest BCUT2D eigenvalue weighted by Gasteiger charge is -2.51. The first-order valence-corrected chi connectivity index (χ1v) is 11.7. The van der Waals surface area contributed by atoms with Crippen LogP contribution in [0.1, 0.15) is 12.8 Å². The molecule has 222 valence electrons. The molecule has 0 bridgehead atoms. The first kappa shape index (κ1) is 32.3. The van der Waals surface area contributed by atoms with E-state index in [1.807, 2.05) is 49.5 Å². The van der Waals surface area contributed by atoms with Gasteiger partial charge in [0, 0.05) is 39.5 Å². The maximum absolute atomic E-state index is 10.6. The van der Waals surface area contributed by atoms with Crippen molar-refractivity contribution in [3.05, 3.63) is 36.8 Å². The Balaban J connectivity index is 0.000000333. The van der Waals surface area contributed by atoms with Crippen LogP contribution in [0.2, 0.25) is 0 Å². The molecule has 4 heterocycles. The number of hydrogen-bond donors (Lipinski definition) is 3. The Hall–Kier alpha value is -3.89. The van der Waals surface area contributed by atoms with Crippen LogP contribution in [0, 0.1) is 5.92 Å². The molecule has 2 saturated heterocycles. The van der Waals surface area contributed by atoms with Gasteiger partial charge in [-0.05, 0) is 30.9 Å². The number of hydrogen-bond acceptors (Lipinski definition) is 9. The first-order chi connectivity index (χ1) is 18.5. The second-order valence-corrected chi connectivity index (χ2v) is 8.92. The van der Waals surface area contributed by atoms with Crippen molar-refractivity contribution in [2.45, 2.75) is 30.8 Å². The largest absolute Gasteiger partial charge is 0.490 e. The molecule has 40 heavy (non-hydrogen) atoms. The highest BCUT2D eigenvalue weighted by molar-refractivity contribution is 5.73. The molecule has 0 amide bonds. The molecule has 3 N–H and O–H groups in total. The Labute approximate surface area is 224 Å². The van der Waals surface area contributed by atoms with Gasteiger partial charge in [-0.25, -0.2) is 24.5 Å². The van der Waals surface area contributed by atoms with Crippen LogP contribution in [0.25, 0.3) is 0 Å². The van der Waals surface area contributed by atoms with Crippen molar-refractivity contribution >= 4 is 29.4 Å². The van der Waals surface area contributed by atoms with Crippen molar-refractivity contribution in [1.29, 1.82) is 0 Å². The molecule has 2 aliphatic rings. The summed E-state index contributed by atoms with van der Waals surface area (Å²) in [5.41, 5.74) is -0.0188. The monoisotopic (exact) mass is 582 g/mol. The predicted octanol–water partition coefficient (Wildman–Crippen LogP) is 3.30. The van der Waals surface area contributed by atoms with Crippen LogP contribution in [0.5, 0.6) is 0 Å². The van der Waals surface area contributed by atoms with Gasteiger partial charge in [-0.3, -0.25) is 0 Å². The zero-order valence-electron chi connectivity index (χ0n) is 21.4. The maximum Gasteiger partial charge on any atom is 0.490 e. The SMILES string of the molecule is CN(C)c1cc(N2CC3(C2)OCCC3CCNc2ccccn2)ncn1.O=C(O)C(F)(F)F.O=C(O)C(F)(F)F. The van der Waals surface area contributed by atoms with Crippen molar-refractivity contribution in [3.8, 4) is 0 Å². The Bertz CT molecular complexity index is 1090. The molecule has 0 aliphatic carbocycles. The summed E-state index contributed by atoms with van der Waals surface area (Å²) in [6, 6.07) is 7.98. The fourth-order valence-electron chi connectivity index (χ4n) is 3.90. The molecule has 2 aromatic heterocycles. The van der Waals surface area contributed by atoms with Gasteiger partial charge in [-0.15, -0.1) is 0 Å². The topological polar surface area (TPSA) is 141 Å². The van der Waals surface area contributed by atoms with Crippen molar-refractivity contribution in [2.75, 3.05) is 55.5 Å². The number of halogens is 6. The summed E-state index contributed by atoms with van der Waals surface area (Å²) in [7, 11) is 3.99. The van der Waals surface area contributed by atoms with Gasteiger partial charge in [0.15, 0.2) is 0 Å². The molecule has 0 saturated carbocycles. The van der Waals surface area contributed by atoms with E-state index < -0.39 is 24.3 Å². The molecule has 1 atom stereocenters. The molecule has 1 spiro atoms. The van der Waals surface area contributed by atoms with E-state index in [1.165, 1.54) is 0 Å². The highest BCUT2D eigenvalue weighted by Gasteiger charge is 2.53. The second-order valence-electron chi connectivity index (χ2n) is 8.92. The fraction of sp³-hybridized carbons (Fsp3) is 0.522. The Morgan fingerprint density at radius 1 is 1.07 bits per heavy atom. The number of pyridine rings is 1. The third kappa shape index (κ3) is 9.39. The molecular formula is C23H28F6N6O5. The predicted molar refractivity (Wildman–Crippen MR) is 130 cm³/mol. The van der Waals surface area contributed by atoms with Crippen LogP contribution >= 0.6 is 0 Å². The zero-order chi connectivity index (χ0) is 30.1. The number of carboxylic acid groups (broad SMARTS) is 2. The highest BCUT2D eigenvalue weighted by atomic mass is 19.4. The van der Waals surface area contributed by atoms with Crippen molar-refractivity contribution in [1.82, 2.24) is 15.0 Å². The number of carbonyl (C=O) groups is 2. The number of anilines is 3. The van der Waals surface area contributed by atoms with Crippen molar-refractivity contribution < 1.29 is 50.9 Å². The number of alkyl halides is 6. The van der Waals surface area contributed by atoms with Crippen molar-refractivity contribution in [3.63, 3.8) is 0 Å². The third-order valence-corrected chi connectivity index (χ3v) is 5.89. The first-order valence-electron chi connectivity index (χ1n) is 11.7. The Morgan fingerprint density at radius 2 is 1.68 bits per heavy atom. The minimum Gasteiger partial charge on any atom is -0.475 e. The molecule has 0 aromatic carbocycles. The molecular weight excluding hydrogens is 554 g/mol. The van der Waals surface area contributed by atoms with Gasteiger partial charge in [0.2, 0.25) is 0 Å². The average molecular weight is 583 g/mol. The van der Waals surface area contributed by atoms with Gasteiger partial charge >= 0.3 is 24.3 Å². The summed E-state index contributed by atoms with van der Waals surface area (Å²) in [4.78, 5) is 35.1. The third-order valence-electron chi connectivity index (χ3n) is 5.89. The standard InChI is InChI=1S/C19H26N6O.2C2HF3O2/c1-24(2)17-11-18(23-14-22-17)25-12-19(13-25)15(7-10-26-19)6-9-21-16-5-3-4-8-20-16;2*3-2(4,5)1(6)7/h3-5,8,11,14-15H,6-7,9-10,12-13H2,1-2H3,(H,20,21);2*(H,6,7). The van der Waals surface area contributed by atoms with Gasteiger partial charge in [-0.2, -0.15) is 26.3 Å². The van der Waals surface area contributed by atoms with Crippen LogP contribution in [0.4, 0.5) is 43.8 Å². The number of ether oxygens (including phenoxy) is 1. The lowest BCUT2D eigenvalue weighted by molar-refractivity contribution is -0.193. The van der Waals surface area contributed by atoms with E-state index in [1.54, 1.807) is 6.33 Å². The number of carboxylic acids is 2. The second kappa shape index (κ2) is 13.5. The van der Waals surface area contributed by atoms with Gasteiger partial charge in [0.05, 0.1) is 13.1 Å². The Kier molecular flexibility index (Phi) is 10.9. The van der Waals surface area contributed by atoms with E-state index >= 15 is 0 Å². The van der Waals surface area contributed by atoms with Crippen LogP contribution in [-0.4, -0.2) is 95.4 Å². The van der Waals surface area contributed by atoms with Gasteiger partial charge < -0.3 is 30.1 Å². The van der Waals surface area contributed by atoms with Crippen molar-refractivity contribution in [2.24, 2.45) is 5.92 Å². The van der Waals surface area contributed by atoms with Crippen LogP contribution in [-0.2, 0) is 14.3 Å². The molecule has 1 unspecified atom stereocenters. The smallest absolute Gasteiger partial charge is 0.475 e. The summed E-state index contributed by atoms with van der Waals surface area (Å²) >= 11 is 0. The molecule has 11 nitrogen and oxygen atoms in total. The average Bonchev–Trinajstić information content (AvgIpc) is 3.27. The molecule has 2 aromatic rings. The lowest BCUT2D eigenvalue weighted by atomic mass is 9.79. The molecule has 17 heteroatoms.